The molecule has 0 saturated carbocycles. The first-order chi connectivity index (χ1) is 16.0. The van der Waals surface area contributed by atoms with Gasteiger partial charge in [0, 0.05) is 22.8 Å². The Morgan fingerprint density at radius 2 is 1.79 bits per heavy atom. The summed E-state index contributed by atoms with van der Waals surface area (Å²) in [5.74, 6) is 0.950. The molecule has 3 aromatic rings. The Labute approximate surface area is 196 Å². The Balaban J connectivity index is 1.80. The summed E-state index contributed by atoms with van der Waals surface area (Å²) in [6.07, 6.45) is -0.759. The summed E-state index contributed by atoms with van der Waals surface area (Å²) in [6.45, 7) is -0.0144. The first-order valence-corrected chi connectivity index (χ1v) is 10.6. The number of nitrogens with zero attached hydrogens (tertiary/aromatic N) is 1. The molecule has 0 unspecified atom stereocenters. The van der Waals surface area contributed by atoms with E-state index < -0.39 is 11.9 Å². The fraction of sp³-hybridized carbons (Fsp3) is 0.240. The fourth-order valence-corrected chi connectivity index (χ4v) is 4.21. The van der Waals surface area contributed by atoms with Crippen LogP contribution < -0.4 is 19.1 Å². The quantitative estimate of drug-likeness (QED) is 0.497. The minimum absolute atomic E-state index is 0.201. The van der Waals surface area contributed by atoms with E-state index in [4.69, 9.17) is 30.5 Å². The Hall–Kier alpha value is -3.29. The smallest absolute Gasteiger partial charge is 0.253 e. The van der Waals surface area contributed by atoms with Crippen LogP contribution in [0.2, 0.25) is 5.02 Å². The van der Waals surface area contributed by atoms with Crippen LogP contribution in [0.15, 0.2) is 54.6 Å². The van der Waals surface area contributed by atoms with Crippen molar-refractivity contribution in [3.63, 3.8) is 0 Å². The van der Waals surface area contributed by atoms with Gasteiger partial charge in [0.2, 0.25) is 0 Å². The Kier molecular flexibility index (Phi) is 6.72. The van der Waals surface area contributed by atoms with Gasteiger partial charge >= 0.3 is 0 Å². The van der Waals surface area contributed by atoms with Gasteiger partial charge in [-0.2, -0.15) is 0 Å². The van der Waals surface area contributed by atoms with Crippen molar-refractivity contribution >= 4 is 23.2 Å². The molecule has 1 heterocycles. The SMILES string of the molecule is COc1ccc(CN2C(=O)CO[C@H](c3cccc(OC)c3Cl)c3cc(F)ccc32)c(OC)c1. The fourth-order valence-electron chi connectivity index (χ4n) is 3.91. The van der Waals surface area contributed by atoms with E-state index in [0.29, 0.717) is 39.1 Å². The predicted octanol–water partition coefficient (Wildman–Crippen LogP) is 5.16. The number of rotatable bonds is 6. The van der Waals surface area contributed by atoms with Crippen molar-refractivity contribution in [1.29, 1.82) is 0 Å². The highest BCUT2D eigenvalue weighted by molar-refractivity contribution is 6.33. The number of hydrogen-bond donors (Lipinski definition) is 0. The van der Waals surface area contributed by atoms with E-state index in [1.54, 1.807) is 55.5 Å². The standard InChI is InChI=1S/C25H23ClFNO5/c1-30-17-9-7-15(22(12-17)32-3)13-28-20-10-8-16(27)11-19(20)25(33-14-23(28)29)18-5-4-6-21(31-2)24(18)26/h4-12,25H,13-14H2,1-3H3/t25-/m1/s1. The summed E-state index contributed by atoms with van der Waals surface area (Å²) in [5, 5.41) is 0.345. The number of benzene rings is 3. The highest BCUT2D eigenvalue weighted by Gasteiger charge is 2.32. The minimum atomic E-state index is -0.759. The van der Waals surface area contributed by atoms with Gasteiger partial charge in [-0.15, -0.1) is 0 Å². The van der Waals surface area contributed by atoms with Crippen molar-refractivity contribution in [2.45, 2.75) is 12.6 Å². The summed E-state index contributed by atoms with van der Waals surface area (Å²) in [6, 6.07) is 14.9. The van der Waals surface area contributed by atoms with Crippen LogP contribution >= 0.6 is 11.6 Å². The lowest BCUT2D eigenvalue weighted by Gasteiger charge is -2.25. The number of halogens is 2. The molecule has 1 atom stereocenters. The first kappa shape index (κ1) is 22.9. The maximum Gasteiger partial charge on any atom is 0.253 e. The highest BCUT2D eigenvalue weighted by atomic mass is 35.5. The van der Waals surface area contributed by atoms with Gasteiger partial charge in [-0.3, -0.25) is 4.79 Å². The number of fused-ring (bicyclic) bond motifs is 1. The highest BCUT2D eigenvalue weighted by Crippen LogP contribution is 2.42. The molecule has 0 saturated heterocycles. The number of methoxy groups -OCH3 is 3. The van der Waals surface area contributed by atoms with Gasteiger partial charge in [0.15, 0.2) is 0 Å². The van der Waals surface area contributed by atoms with Gasteiger partial charge in [0.1, 0.15) is 35.8 Å². The van der Waals surface area contributed by atoms with Crippen LogP contribution in [0.1, 0.15) is 22.8 Å². The van der Waals surface area contributed by atoms with Crippen LogP contribution in [0.3, 0.4) is 0 Å². The van der Waals surface area contributed by atoms with E-state index in [1.807, 2.05) is 6.07 Å². The molecule has 4 rings (SSSR count). The van der Waals surface area contributed by atoms with Crippen molar-refractivity contribution in [2.75, 3.05) is 32.8 Å². The van der Waals surface area contributed by atoms with E-state index in [1.165, 1.54) is 19.2 Å². The van der Waals surface area contributed by atoms with Crippen molar-refractivity contribution in [3.05, 3.63) is 82.1 Å². The lowest BCUT2D eigenvalue weighted by molar-refractivity contribution is -0.123. The summed E-state index contributed by atoms with van der Waals surface area (Å²) in [4.78, 5) is 14.7. The van der Waals surface area contributed by atoms with Gasteiger partial charge in [-0.1, -0.05) is 23.7 Å². The zero-order chi connectivity index (χ0) is 23.5. The van der Waals surface area contributed by atoms with Gasteiger partial charge in [0.25, 0.3) is 5.91 Å². The van der Waals surface area contributed by atoms with Crippen LogP contribution in [0, 0.1) is 5.82 Å². The summed E-state index contributed by atoms with van der Waals surface area (Å²) in [5.41, 5.74) is 2.36. The van der Waals surface area contributed by atoms with Crippen molar-refractivity contribution in [3.8, 4) is 17.2 Å². The third kappa shape index (κ3) is 4.47. The Morgan fingerprint density at radius 3 is 2.52 bits per heavy atom. The second-order valence-corrected chi connectivity index (χ2v) is 7.79. The lowest BCUT2D eigenvalue weighted by Crippen LogP contribution is -2.32. The lowest BCUT2D eigenvalue weighted by atomic mass is 9.98. The third-order valence-electron chi connectivity index (χ3n) is 5.56. The number of ether oxygens (including phenoxy) is 4. The molecule has 33 heavy (non-hydrogen) atoms. The van der Waals surface area contributed by atoms with E-state index in [9.17, 15) is 9.18 Å². The molecule has 0 bridgehead atoms. The van der Waals surface area contributed by atoms with Crippen LogP contribution in [0.4, 0.5) is 10.1 Å². The molecule has 1 aliphatic heterocycles. The van der Waals surface area contributed by atoms with Crippen molar-refractivity contribution < 1.29 is 28.1 Å². The molecule has 3 aromatic carbocycles. The van der Waals surface area contributed by atoms with Crippen LogP contribution in [0.25, 0.3) is 0 Å². The van der Waals surface area contributed by atoms with Gasteiger partial charge < -0.3 is 23.8 Å². The maximum atomic E-state index is 14.4. The van der Waals surface area contributed by atoms with E-state index in [2.05, 4.69) is 0 Å². The van der Waals surface area contributed by atoms with E-state index in [0.717, 1.165) is 5.56 Å². The number of carbonyl (C=O) groups is 1. The number of anilines is 1. The molecule has 0 aliphatic carbocycles. The van der Waals surface area contributed by atoms with E-state index >= 15 is 0 Å². The predicted molar refractivity (Wildman–Crippen MR) is 123 cm³/mol. The minimum Gasteiger partial charge on any atom is -0.497 e. The molecule has 8 heteroatoms. The molecular weight excluding hydrogens is 449 g/mol. The zero-order valence-corrected chi connectivity index (χ0v) is 19.2. The third-order valence-corrected chi connectivity index (χ3v) is 5.96. The molecule has 0 fully saturated rings. The van der Waals surface area contributed by atoms with Crippen molar-refractivity contribution in [1.82, 2.24) is 0 Å². The average molecular weight is 472 g/mol. The number of hydrogen-bond acceptors (Lipinski definition) is 5. The van der Waals surface area contributed by atoms with Gasteiger partial charge in [-0.05, 0) is 36.4 Å². The topological polar surface area (TPSA) is 57.2 Å². The maximum absolute atomic E-state index is 14.4. The number of amides is 1. The Bertz CT molecular complexity index is 1190. The second-order valence-electron chi connectivity index (χ2n) is 7.42. The molecule has 0 spiro atoms. The van der Waals surface area contributed by atoms with Gasteiger partial charge in [-0.25, -0.2) is 4.39 Å². The Morgan fingerprint density at radius 1 is 1.00 bits per heavy atom. The molecule has 1 aliphatic rings. The second kappa shape index (κ2) is 9.68. The van der Waals surface area contributed by atoms with Gasteiger partial charge in [0.05, 0.1) is 38.6 Å². The molecule has 172 valence electrons. The number of carbonyl (C=O) groups excluding carboxylic acids is 1. The molecule has 6 nitrogen and oxygen atoms in total. The molecule has 0 aromatic heterocycles. The van der Waals surface area contributed by atoms with Crippen LogP contribution in [0.5, 0.6) is 17.2 Å². The normalized spacial score (nSPS) is 15.6. The summed E-state index contributed by atoms with van der Waals surface area (Å²) >= 11 is 6.55. The largest absolute Gasteiger partial charge is 0.497 e. The van der Waals surface area contributed by atoms with Crippen LogP contribution in [-0.2, 0) is 16.1 Å². The molecule has 0 N–H and O–H groups in total. The summed E-state index contributed by atoms with van der Waals surface area (Å²) < 4.78 is 36.4. The molecular formula is C25H23ClFNO5. The molecule has 1 amide bonds. The van der Waals surface area contributed by atoms with E-state index in [-0.39, 0.29) is 19.1 Å². The van der Waals surface area contributed by atoms with Crippen molar-refractivity contribution in [2.24, 2.45) is 0 Å². The monoisotopic (exact) mass is 471 g/mol. The average Bonchev–Trinajstić information content (AvgIpc) is 2.96. The van der Waals surface area contributed by atoms with Crippen LogP contribution in [-0.4, -0.2) is 33.8 Å². The zero-order valence-electron chi connectivity index (χ0n) is 18.4. The summed E-state index contributed by atoms with van der Waals surface area (Å²) in [7, 11) is 4.63. The first-order valence-electron chi connectivity index (χ1n) is 10.2. The molecule has 0 radical (unpaired) electrons.